The van der Waals surface area contributed by atoms with Gasteiger partial charge in [0, 0.05) is 26.2 Å². The van der Waals surface area contributed by atoms with Crippen LogP contribution in [0.25, 0.3) is 0 Å². The highest BCUT2D eigenvalue weighted by molar-refractivity contribution is 6.32. The summed E-state index contributed by atoms with van der Waals surface area (Å²) in [4.78, 5) is 16.8. The van der Waals surface area contributed by atoms with E-state index in [1.165, 1.54) is 0 Å². The van der Waals surface area contributed by atoms with Crippen LogP contribution in [0, 0.1) is 6.92 Å². The maximum Gasteiger partial charge on any atom is 0.263 e. The van der Waals surface area contributed by atoms with Crippen molar-refractivity contribution in [2.24, 2.45) is 0 Å². The normalized spacial score (nSPS) is 17.4. The van der Waals surface area contributed by atoms with E-state index in [1.807, 2.05) is 24.0 Å². The third-order valence-electron chi connectivity index (χ3n) is 3.96. The number of benzene rings is 1. The summed E-state index contributed by atoms with van der Waals surface area (Å²) in [7, 11) is 0. The molecular formula is C17H25ClN2O2. The fourth-order valence-electron chi connectivity index (χ4n) is 2.71. The molecule has 1 fully saturated rings. The van der Waals surface area contributed by atoms with E-state index in [1.54, 1.807) is 13.0 Å². The van der Waals surface area contributed by atoms with Gasteiger partial charge in [0.1, 0.15) is 5.75 Å². The second-order valence-electron chi connectivity index (χ2n) is 5.86. The SMILES string of the molecule is CCCN1CCN(C(=O)[C@@H](C)Oc2cc(C)ccc2Cl)CC1. The van der Waals surface area contributed by atoms with Gasteiger partial charge in [-0.25, -0.2) is 0 Å². The largest absolute Gasteiger partial charge is 0.479 e. The van der Waals surface area contributed by atoms with Crippen LogP contribution < -0.4 is 4.74 Å². The summed E-state index contributed by atoms with van der Waals surface area (Å²) in [6, 6.07) is 5.59. The predicted octanol–water partition coefficient (Wildman–Crippen LogP) is 2.97. The number of nitrogens with zero attached hydrogens (tertiary/aromatic N) is 2. The van der Waals surface area contributed by atoms with Gasteiger partial charge in [-0.3, -0.25) is 9.69 Å². The van der Waals surface area contributed by atoms with Crippen molar-refractivity contribution in [3.05, 3.63) is 28.8 Å². The zero-order valence-electron chi connectivity index (χ0n) is 13.6. The first-order chi connectivity index (χ1) is 10.5. The molecule has 4 nitrogen and oxygen atoms in total. The van der Waals surface area contributed by atoms with Crippen molar-refractivity contribution in [1.82, 2.24) is 9.80 Å². The van der Waals surface area contributed by atoms with E-state index in [0.717, 1.165) is 44.7 Å². The van der Waals surface area contributed by atoms with E-state index in [2.05, 4.69) is 11.8 Å². The Balaban J connectivity index is 1.91. The lowest BCUT2D eigenvalue weighted by molar-refractivity contribution is -0.139. The molecule has 1 aromatic carbocycles. The van der Waals surface area contributed by atoms with Crippen LogP contribution in [0.3, 0.4) is 0 Å². The molecule has 2 rings (SSSR count). The van der Waals surface area contributed by atoms with Gasteiger partial charge in [0.05, 0.1) is 5.02 Å². The van der Waals surface area contributed by atoms with Crippen molar-refractivity contribution in [3.63, 3.8) is 0 Å². The van der Waals surface area contributed by atoms with Crippen LogP contribution in [0.15, 0.2) is 18.2 Å². The summed E-state index contributed by atoms with van der Waals surface area (Å²) < 4.78 is 5.78. The number of carbonyl (C=O) groups is 1. The molecule has 0 aromatic heterocycles. The summed E-state index contributed by atoms with van der Waals surface area (Å²) >= 11 is 6.13. The zero-order chi connectivity index (χ0) is 16.1. The van der Waals surface area contributed by atoms with Gasteiger partial charge in [0.2, 0.25) is 0 Å². The van der Waals surface area contributed by atoms with Crippen molar-refractivity contribution < 1.29 is 9.53 Å². The third kappa shape index (κ3) is 4.37. The lowest BCUT2D eigenvalue weighted by Gasteiger charge is -2.35. The Kier molecular flexibility index (Phi) is 6.09. The van der Waals surface area contributed by atoms with Crippen LogP contribution >= 0.6 is 11.6 Å². The molecule has 0 N–H and O–H groups in total. The number of rotatable bonds is 5. The standard InChI is InChI=1S/C17H25ClN2O2/c1-4-7-19-8-10-20(11-9-19)17(21)14(3)22-16-12-13(2)5-6-15(16)18/h5-6,12,14H,4,7-11H2,1-3H3/t14-/m1/s1. The van der Waals surface area contributed by atoms with Crippen LogP contribution in [0.2, 0.25) is 5.02 Å². The second kappa shape index (κ2) is 7.84. The van der Waals surface area contributed by atoms with Crippen LogP contribution in [0.1, 0.15) is 25.8 Å². The first-order valence-corrected chi connectivity index (χ1v) is 8.33. The Bertz CT molecular complexity index is 513. The van der Waals surface area contributed by atoms with Crippen LogP contribution in [-0.4, -0.2) is 54.5 Å². The van der Waals surface area contributed by atoms with E-state index < -0.39 is 6.10 Å². The third-order valence-corrected chi connectivity index (χ3v) is 4.27. The molecule has 0 radical (unpaired) electrons. The summed E-state index contributed by atoms with van der Waals surface area (Å²) in [5.74, 6) is 0.612. The fourth-order valence-corrected chi connectivity index (χ4v) is 2.87. The van der Waals surface area contributed by atoms with Crippen molar-refractivity contribution in [2.45, 2.75) is 33.3 Å². The lowest BCUT2D eigenvalue weighted by atomic mass is 10.2. The van der Waals surface area contributed by atoms with Gasteiger partial charge in [0.25, 0.3) is 5.91 Å². The molecular weight excluding hydrogens is 300 g/mol. The van der Waals surface area contributed by atoms with Crippen LogP contribution in [-0.2, 0) is 4.79 Å². The highest BCUT2D eigenvalue weighted by atomic mass is 35.5. The maximum absolute atomic E-state index is 12.5. The number of piperazine rings is 1. The van der Waals surface area contributed by atoms with Gasteiger partial charge in [-0.1, -0.05) is 24.6 Å². The Morgan fingerprint density at radius 1 is 1.32 bits per heavy atom. The van der Waals surface area contributed by atoms with E-state index in [0.29, 0.717) is 10.8 Å². The van der Waals surface area contributed by atoms with E-state index >= 15 is 0 Å². The Hall–Kier alpha value is -1.26. The molecule has 122 valence electrons. The zero-order valence-corrected chi connectivity index (χ0v) is 14.4. The molecule has 1 saturated heterocycles. The lowest BCUT2D eigenvalue weighted by Crippen LogP contribution is -2.51. The first-order valence-electron chi connectivity index (χ1n) is 7.95. The van der Waals surface area contributed by atoms with Crippen molar-refractivity contribution in [3.8, 4) is 5.75 Å². The number of carbonyl (C=O) groups excluding carboxylic acids is 1. The predicted molar refractivity (Wildman–Crippen MR) is 89.6 cm³/mol. The summed E-state index contributed by atoms with van der Waals surface area (Å²) in [5.41, 5.74) is 1.06. The quantitative estimate of drug-likeness (QED) is 0.834. The highest BCUT2D eigenvalue weighted by Gasteiger charge is 2.26. The highest BCUT2D eigenvalue weighted by Crippen LogP contribution is 2.26. The number of hydrogen-bond donors (Lipinski definition) is 0. The number of amides is 1. The summed E-state index contributed by atoms with van der Waals surface area (Å²) in [6.45, 7) is 10.5. The molecule has 0 aliphatic carbocycles. The van der Waals surface area contributed by atoms with E-state index in [9.17, 15) is 4.79 Å². The van der Waals surface area contributed by atoms with E-state index in [-0.39, 0.29) is 5.91 Å². The second-order valence-corrected chi connectivity index (χ2v) is 6.27. The monoisotopic (exact) mass is 324 g/mol. The number of ether oxygens (including phenoxy) is 1. The number of aryl methyl sites for hydroxylation is 1. The molecule has 1 aliphatic heterocycles. The minimum Gasteiger partial charge on any atom is -0.479 e. The molecule has 1 aliphatic rings. The van der Waals surface area contributed by atoms with Gasteiger partial charge >= 0.3 is 0 Å². The van der Waals surface area contributed by atoms with Gasteiger partial charge in [-0.05, 0) is 44.5 Å². The van der Waals surface area contributed by atoms with Gasteiger partial charge < -0.3 is 9.64 Å². The fraction of sp³-hybridized carbons (Fsp3) is 0.588. The molecule has 1 aromatic rings. The molecule has 0 saturated carbocycles. The summed E-state index contributed by atoms with van der Waals surface area (Å²) in [6.07, 6.45) is 0.635. The molecule has 22 heavy (non-hydrogen) atoms. The average Bonchev–Trinajstić information content (AvgIpc) is 2.51. The average molecular weight is 325 g/mol. The minimum absolute atomic E-state index is 0.0359. The van der Waals surface area contributed by atoms with Gasteiger partial charge in [-0.15, -0.1) is 0 Å². The number of hydrogen-bond acceptors (Lipinski definition) is 3. The van der Waals surface area contributed by atoms with Crippen molar-refractivity contribution in [1.29, 1.82) is 0 Å². The molecule has 0 bridgehead atoms. The van der Waals surface area contributed by atoms with Crippen molar-refractivity contribution >= 4 is 17.5 Å². The number of halogens is 1. The smallest absolute Gasteiger partial charge is 0.263 e. The molecule has 1 amide bonds. The van der Waals surface area contributed by atoms with Crippen LogP contribution in [0.5, 0.6) is 5.75 Å². The maximum atomic E-state index is 12.5. The summed E-state index contributed by atoms with van der Waals surface area (Å²) in [5, 5.41) is 0.540. The molecule has 1 heterocycles. The minimum atomic E-state index is -0.517. The molecule has 0 spiro atoms. The Morgan fingerprint density at radius 2 is 2.00 bits per heavy atom. The Labute approximate surface area is 138 Å². The first kappa shape index (κ1) is 17.1. The molecule has 0 unspecified atom stereocenters. The van der Waals surface area contributed by atoms with Gasteiger partial charge in [-0.2, -0.15) is 0 Å². The topological polar surface area (TPSA) is 32.8 Å². The Morgan fingerprint density at radius 3 is 2.64 bits per heavy atom. The van der Waals surface area contributed by atoms with Gasteiger partial charge in [0.15, 0.2) is 6.10 Å². The van der Waals surface area contributed by atoms with Crippen molar-refractivity contribution in [2.75, 3.05) is 32.7 Å². The molecule has 1 atom stereocenters. The van der Waals surface area contributed by atoms with Crippen LogP contribution in [0.4, 0.5) is 0 Å². The van der Waals surface area contributed by atoms with E-state index in [4.69, 9.17) is 16.3 Å². The molecule has 5 heteroatoms.